The van der Waals surface area contributed by atoms with E-state index < -0.39 is 0 Å². The van der Waals surface area contributed by atoms with Crippen LogP contribution in [0.15, 0.2) is 53.4 Å². The minimum atomic E-state index is -0.191. The molecule has 0 radical (unpaired) electrons. The van der Waals surface area contributed by atoms with E-state index in [1.165, 1.54) is 11.0 Å². The first-order valence-electron chi connectivity index (χ1n) is 8.61. The summed E-state index contributed by atoms with van der Waals surface area (Å²) < 4.78 is 7.57. The van der Waals surface area contributed by atoms with Crippen LogP contribution in [0.3, 0.4) is 0 Å². The SMILES string of the molecule is COc1ccc2[nH]cc(CCNC(=O)c3cc(Br)ccc3-n3cnnn3)c2c1. The lowest BCUT2D eigenvalue weighted by molar-refractivity contribution is 0.0954. The van der Waals surface area contributed by atoms with Gasteiger partial charge in [-0.15, -0.1) is 5.10 Å². The Morgan fingerprint density at radius 3 is 2.96 bits per heavy atom. The van der Waals surface area contributed by atoms with E-state index in [1.54, 1.807) is 19.2 Å². The molecule has 0 saturated carbocycles. The van der Waals surface area contributed by atoms with Crippen LogP contribution in [0.1, 0.15) is 15.9 Å². The lowest BCUT2D eigenvalue weighted by atomic mass is 10.1. The highest BCUT2D eigenvalue weighted by molar-refractivity contribution is 9.10. The van der Waals surface area contributed by atoms with Gasteiger partial charge >= 0.3 is 0 Å². The zero-order valence-electron chi connectivity index (χ0n) is 15.0. The molecule has 0 fully saturated rings. The molecule has 0 saturated heterocycles. The maximum atomic E-state index is 12.8. The fraction of sp³-hybridized carbons (Fsp3) is 0.158. The molecule has 2 N–H and O–H groups in total. The lowest BCUT2D eigenvalue weighted by Gasteiger charge is -2.10. The zero-order chi connectivity index (χ0) is 19.5. The smallest absolute Gasteiger partial charge is 0.253 e. The van der Waals surface area contributed by atoms with E-state index in [0.717, 1.165) is 26.7 Å². The number of nitrogens with one attached hydrogen (secondary N) is 2. The van der Waals surface area contributed by atoms with Crippen LogP contribution in [0, 0.1) is 0 Å². The van der Waals surface area contributed by atoms with Gasteiger partial charge in [0.05, 0.1) is 18.4 Å². The van der Waals surface area contributed by atoms with E-state index in [0.29, 0.717) is 24.2 Å². The van der Waals surface area contributed by atoms with Crippen LogP contribution < -0.4 is 10.1 Å². The van der Waals surface area contributed by atoms with Gasteiger partial charge in [-0.2, -0.15) is 4.68 Å². The molecule has 0 aliphatic heterocycles. The van der Waals surface area contributed by atoms with Crippen LogP contribution in [-0.4, -0.2) is 44.8 Å². The standard InChI is InChI=1S/C19H17BrN6O2/c1-28-14-3-4-17-15(9-14)12(10-22-17)6-7-21-19(27)16-8-13(20)2-5-18(16)26-11-23-24-25-26/h2-5,8-11,22H,6-7H2,1H3,(H,21,27). The lowest BCUT2D eigenvalue weighted by Crippen LogP contribution is -2.27. The maximum absolute atomic E-state index is 12.8. The highest BCUT2D eigenvalue weighted by Gasteiger charge is 2.14. The molecule has 1 amide bonds. The number of fused-ring (bicyclic) bond motifs is 1. The largest absolute Gasteiger partial charge is 0.497 e. The number of benzene rings is 2. The van der Waals surface area contributed by atoms with Crippen LogP contribution in [0.25, 0.3) is 16.6 Å². The number of aromatic nitrogens is 5. The summed E-state index contributed by atoms with van der Waals surface area (Å²) in [7, 11) is 1.65. The first kappa shape index (κ1) is 18.2. The third-order valence-corrected chi connectivity index (χ3v) is 4.95. The molecule has 0 spiro atoms. The first-order valence-corrected chi connectivity index (χ1v) is 9.40. The number of amides is 1. The summed E-state index contributed by atoms with van der Waals surface area (Å²) in [5.41, 5.74) is 3.25. The van der Waals surface area contributed by atoms with Crippen LogP contribution >= 0.6 is 15.9 Å². The Morgan fingerprint density at radius 1 is 1.29 bits per heavy atom. The van der Waals surface area contributed by atoms with Gasteiger partial charge in [0.25, 0.3) is 5.91 Å². The zero-order valence-corrected chi connectivity index (χ0v) is 16.6. The number of nitrogens with zero attached hydrogens (tertiary/aromatic N) is 4. The minimum absolute atomic E-state index is 0.191. The predicted octanol–water partition coefficient (Wildman–Crippen LogP) is 2.89. The van der Waals surface area contributed by atoms with Crippen LogP contribution in [-0.2, 0) is 6.42 Å². The van der Waals surface area contributed by atoms with Gasteiger partial charge in [-0.1, -0.05) is 15.9 Å². The fourth-order valence-corrected chi connectivity index (χ4v) is 3.42. The van der Waals surface area contributed by atoms with Crippen LogP contribution in [0.5, 0.6) is 5.75 Å². The maximum Gasteiger partial charge on any atom is 0.253 e. The third-order valence-electron chi connectivity index (χ3n) is 4.45. The molecule has 4 aromatic rings. The monoisotopic (exact) mass is 440 g/mol. The number of ether oxygens (including phenoxy) is 1. The van der Waals surface area contributed by atoms with Crippen LogP contribution in [0.4, 0.5) is 0 Å². The number of carbonyl (C=O) groups excluding carboxylic acids is 1. The number of hydrogen-bond acceptors (Lipinski definition) is 5. The molecule has 0 aliphatic rings. The number of aromatic amines is 1. The fourth-order valence-electron chi connectivity index (χ4n) is 3.06. The number of halogens is 1. The Bertz CT molecular complexity index is 1120. The summed E-state index contributed by atoms with van der Waals surface area (Å²) in [6.45, 7) is 0.491. The van der Waals surface area contributed by atoms with Crippen molar-refractivity contribution in [1.82, 2.24) is 30.5 Å². The van der Waals surface area contributed by atoms with E-state index in [4.69, 9.17) is 4.74 Å². The van der Waals surface area contributed by atoms with Crippen LogP contribution in [0.2, 0.25) is 0 Å². The minimum Gasteiger partial charge on any atom is -0.497 e. The molecule has 9 heteroatoms. The average molecular weight is 441 g/mol. The molecule has 2 aromatic heterocycles. The molecule has 0 bridgehead atoms. The molecular formula is C19H17BrN6O2. The van der Waals surface area contributed by atoms with Crippen molar-refractivity contribution in [3.8, 4) is 11.4 Å². The molecule has 2 heterocycles. The second kappa shape index (κ2) is 7.81. The predicted molar refractivity (Wildman–Crippen MR) is 108 cm³/mol. The summed E-state index contributed by atoms with van der Waals surface area (Å²) in [4.78, 5) is 16.0. The van der Waals surface area contributed by atoms with Crippen molar-refractivity contribution in [2.24, 2.45) is 0 Å². The van der Waals surface area contributed by atoms with E-state index in [9.17, 15) is 4.79 Å². The number of methoxy groups -OCH3 is 1. The van der Waals surface area contributed by atoms with Gasteiger partial charge in [-0.05, 0) is 58.8 Å². The van der Waals surface area contributed by atoms with Gasteiger partial charge in [0.2, 0.25) is 0 Å². The Balaban J connectivity index is 1.49. The van der Waals surface area contributed by atoms with E-state index in [-0.39, 0.29) is 5.91 Å². The normalized spacial score (nSPS) is 10.9. The Kier molecular flexibility index (Phi) is 5.07. The van der Waals surface area contributed by atoms with Crippen molar-refractivity contribution in [1.29, 1.82) is 0 Å². The van der Waals surface area contributed by atoms with Crippen molar-refractivity contribution >= 4 is 32.7 Å². The molecule has 2 aromatic carbocycles. The van der Waals surface area contributed by atoms with Gasteiger partial charge in [0.15, 0.2) is 0 Å². The Hall–Kier alpha value is -3.20. The number of tetrazole rings is 1. The van der Waals surface area contributed by atoms with E-state index in [2.05, 4.69) is 41.8 Å². The van der Waals surface area contributed by atoms with Gasteiger partial charge in [-0.3, -0.25) is 4.79 Å². The van der Waals surface area contributed by atoms with Gasteiger partial charge in [-0.25, -0.2) is 0 Å². The second-order valence-electron chi connectivity index (χ2n) is 6.15. The highest BCUT2D eigenvalue weighted by atomic mass is 79.9. The summed E-state index contributed by atoms with van der Waals surface area (Å²) in [6.07, 6.45) is 4.11. The number of hydrogen-bond donors (Lipinski definition) is 2. The van der Waals surface area contributed by atoms with E-state index >= 15 is 0 Å². The molecule has 28 heavy (non-hydrogen) atoms. The first-order chi connectivity index (χ1) is 13.7. The summed E-state index contributed by atoms with van der Waals surface area (Å²) in [5, 5.41) is 15.2. The van der Waals surface area contributed by atoms with Gasteiger partial charge in [0, 0.05) is 28.1 Å². The molecule has 4 rings (SSSR count). The molecule has 0 aliphatic carbocycles. The number of H-pyrrole nitrogens is 1. The quantitative estimate of drug-likeness (QED) is 0.480. The number of rotatable bonds is 6. The second-order valence-corrected chi connectivity index (χ2v) is 7.06. The molecule has 142 valence electrons. The van der Waals surface area contributed by atoms with Crippen molar-refractivity contribution in [3.63, 3.8) is 0 Å². The summed E-state index contributed by atoms with van der Waals surface area (Å²) in [5.74, 6) is 0.613. The molecular weight excluding hydrogens is 424 g/mol. The van der Waals surface area contributed by atoms with E-state index in [1.807, 2.05) is 30.5 Å². The average Bonchev–Trinajstić information content (AvgIpc) is 3.37. The highest BCUT2D eigenvalue weighted by Crippen LogP contribution is 2.24. The van der Waals surface area contributed by atoms with Crippen molar-refractivity contribution in [2.45, 2.75) is 6.42 Å². The topological polar surface area (TPSA) is 97.7 Å². The Morgan fingerprint density at radius 2 is 2.18 bits per heavy atom. The van der Waals surface area contributed by atoms with Gasteiger partial charge in [0.1, 0.15) is 12.1 Å². The van der Waals surface area contributed by atoms with Crippen molar-refractivity contribution in [3.05, 3.63) is 64.5 Å². The number of carbonyl (C=O) groups is 1. The molecule has 0 atom stereocenters. The Labute approximate surface area is 169 Å². The van der Waals surface area contributed by atoms with Crippen molar-refractivity contribution < 1.29 is 9.53 Å². The summed E-state index contributed by atoms with van der Waals surface area (Å²) in [6, 6.07) is 11.3. The molecule has 8 nitrogen and oxygen atoms in total. The third kappa shape index (κ3) is 3.61. The van der Waals surface area contributed by atoms with Crippen molar-refractivity contribution in [2.75, 3.05) is 13.7 Å². The summed E-state index contributed by atoms with van der Waals surface area (Å²) >= 11 is 3.41. The molecule has 0 unspecified atom stereocenters. The van der Waals surface area contributed by atoms with Gasteiger partial charge < -0.3 is 15.0 Å².